The molecule has 0 saturated carbocycles. The molecule has 0 aliphatic carbocycles. The first-order valence-corrected chi connectivity index (χ1v) is 13.7. The Morgan fingerprint density at radius 3 is 2.49 bits per heavy atom. The van der Waals surface area contributed by atoms with Crippen molar-refractivity contribution in [3.05, 3.63) is 124 Å². The number of furan rings is 1. The van der Waals surface area contributed by atoms with Crippen LogP contribution in [-0.4, -0.2) is 30.2 Å². The molecule has 6 heteroatoms. The van der Waals surface area contributed by atoms with E-state index in [0.29, 0.717) is 29.6 Å². The largest absolute Gasteiger partial charge is 0.469 e. The second-order valence-corrected chi connectivity index (χ2v) is 11.4. The van der Waals surface area contributed by atoms with Gasteiger partial charge >= 0.3 is 0 Å². The van der Waals surface area contributed by atoms with E-state index in [4.69, 9.17) is 16.0 Å². The highest BCUT2D eigenvalue weighted by Crippen LogP contribution is 2.57. The van der Waals surface area contributed by atoms with Crippen LogP contribution in [0.2, 0.25) is 5.02 Å². The van der Waals surface area contributed by atoms with Crippen molar-refractivity contribution in [3.63, 3.8) is 0 Å². The number of amides is 1. The van der Waals surface area contributed by atoms with Gasteiger partial charge < -0.3 is 9.32 Å². The Bertz CT molecular complexity index is 1530. The molecule has 0 unspecified atom stereocenters. The van der Waals surface area contributed by atoms with Crippen molar-refractivity contribution in [1.82, 2.24) is 4.90 Å². The summed E-state index contributed by atoms with van der Waals surface area (Å²) in [6, 6.07) is 27.0. The molecule has 0 radical (unpaired) electrons. The zero-order chi connectivity index (χ0) is 27.3. The summed E-state index contributed by atoms with van der Waals surface area (Å²) in [6.45, 7) is 5.14. The molecule has 4 aromatic rings. The number of likely N-dealkylation sites (N-methyl/N-ethyl adjacent to an activating group) is 1. The number of carbonyl (C=O) groups excluding carboxylic acids is 2. The zero-order valence-electron chi connectivity index (χ0n) is 22.3. The molecule has 39 heavy (non-hydrogen) atoms. The SMILES string of the molecule is CC(C)c1ccc(C(=O)[C@@H]2[C@H](c3ccco3)CN(C)[C@]23C(=O)N(Cc2cccc(Cl)c2)c2ccccc23)cc1. The lowest BCUT2D eigenvalue weighted by Gasteiger charge is -2.36. The van der Waals surface area contributed by atoms with E-state index < -0.39 is 11.5 Å². The lowest BCUT2D eigenvalue weighted by molar-refractivity contribution is -0.129. The highest BCUT2D eigenvalue weighted by Gasteiger charge is 2.66. The Labute approximate surface area is 234 Å². The summed E-state index contributed by atoms with van der Waals surface area (Å²) in [5.74, 6) is -0.0325. The average Bonchev–Trinajstić information content (AvgIpc) is 3.63. The number of halogens is 1. The Morgan fingerprint density at radius 2 is 1.79 bits per heavy atom. The molecule has 2 aliphatic rings. The summed E-state index contributed by atoms with van der Waals surface area (Å²) >= 11 is 6.28. The first-order chi connectivity index (χ1) is 18.8. The van der Waals surface area contributed by atoms with Crippen LogP contribution in [0.3, 0.4) is 0 Å². The molecule has 1 saturated heterocycles. The van der Waals surface area contributed by atoms with Crippen LogP contribution in [0.25, 0.3) is 0 Å². The van der Waals surface area contributed by atoms with Crippen LogP contribution >= 0.6 is 11.6 Å². The van der Waals surface area contributed by atoms with E-state index in [2.05, 4.69) is 18.7 Å². The van der Waals surface area contributed by atoms with Gasteiger partial charge in [0, 0.05) is 34.3 Å². The molecule has 6 rings (SSSR count). The van der Waals surface area contributed by atoms with Crippen molar-refractivity contribution in [2.45, 2.75) is 37.8 Å². The summed E-state index contributed by atoms with van der Waals surface area (Å²) < 4.78 is 5.88. The minimum atomic E-state index is -1.17. The molecule has 1 aromatic heterocycles. The molecular formula is C33H31ClN2O3. The van der Waals surface area contributed by atoms with Gasteiger partial charge in [-0.3, -0.25) is 14.5 Å². The average molecular weight is 539 g/mol. The van der Waals surface area contributed by atoms with E-state index >= 15 is 0 Å². The van der Waals surface area contributed by atoms with Crippen LogP contribution in [0, 0.1) is 5.92 Å². The molecule has 3 atom stereocenters. The van der Waals surface area contributed by atoms with Crippen molar-refractivity contribution >= 4 is 29.0 Å². The van der Waals surface area contributed by atoms with Gasteiger partial charge in [-0.2, -0.15) is 0 Å². The molecular weight excluding hydrogens is 508 g/mol. The van der Waals surface area contributed by atoms with Crippen molar-refractivity contribution in [1.29, 1.82) is 0 Å². The maximum Gasteiger partial charge on any atom is 0.253 e. The Morgan fingerprint density at radius 1 is 1.03 bits per heavy atom. The number of para-hydroxylation sites is 1. The zero-order valence-corrected chi connectivity index (χ0v) is 23.1. The standard InChI is InChI=1S/C33H31ClN2O3/c1-21(2)23-13-15-24(16-14-23)31(37)30-26(29-12-7-17-39-29)20-35(3)33(30)27-10-4-5-11-28(27)36(32(33)38)19-22-8-6-9-25(34)18-22/h4-18,21,26,30H,19-20H2,1-3H3/t26-,30-,33-/m0/s1. The number of nitrogens with zero attached hydrogens (tertiary/aromatic N) is 2. The van der Waals surface area contributed by atoms with Crippen LogP contribution in [0.5, 0.6) is 0 Å². The molecule has 198 valence electrons. The number of likely N-dealkylation sites (tertiary alicyclic amines) is 1. The van der Waals surface area contributed by atoms with Crippen molar-refractivity contribution in [2.24, 2.45) is 5.92 Å². The number of Topliss-reactive ketones (excluding diaryl/α,β-unsaturated/α-hetero) is 1. The molecule has 2 aliphatic heterocycles. The number of hydrogen-bond donors (Lipinski definition) is 0. The van der Waals surface area contributed by atoms with Gasteiger partial charge in [0.1, 0.15) is 11.3 Å². The smallest absolute Gasteiger partial charge is 0.253 e. The second-order valence-electron chi connectivity index (χ2n) is 10.9. The van der Waals surface area contributed by atoms with E-state index in [-0.39, 0.29) is 17.6 Å². The van der Waals surface area contributed by atoms with Crippen LogP contribution in [-0.2, 0) is 16.9 Å². The normalized spacial score (nSPS) is 22.7. The monoisotopic (exact) mass is 538 g/mol. The van der Waals surface area contributed by atoms with E-state index in [9.17, 15) is 9.59 Å². The number of fused-ring (bicyclic) bond motifs is 2. The first-order valence-electron chi connectivity index (χ1n) is 13.4. The van der Waals surface area contributed by atoms with Gasteiger partial charge in [0.25, 0.3) is 5.91 Å². The topological polar surface area (TPSA) is 53.8 Å². The lowest BCUT2D eigenvalue weighted by atomic mass is 9.71. The van der Waals surface area contributed by atoms with E-state index in [1.807, 2.05) is 96.9 Å². The predicted octanol–water partition coefficient (Wildman–Crippen LogP) is 7.03. The molecule has 1 fully saturated rings. The fourth-order valence-corrected chi connectivity index (χ4v) is 6.73. The van der Waals surface area contributed by atoms with Crippen LogP contribution < -0.4 is 4.90 Å². The number of rotatable bonds is 6. The third-order valence-electron chi connectivity index (χ3n) is 8.38. The van der Waals surface area contributed by atoms with E-state index in [0.717, 1.165) is 22.6 Å². The van der Waals surface area contributed by atoms with Crippen LogP contribution in [0.1, 0.15) is 58.5 Å². The highest BCUT2D eigenvalue weighted by molar-refractivity contribution is 6.30. The summed E-state index contributed by atoms with van der Waals surface area (Å²) in [6.07, 6.45) is 1.63. The number of ketones is 1. The molecule has 3 heterocycles. The van der Waals surface area contributed by atoms with Gasteiger partial charge in [-0.15, -0.1) is 0 Å². The number of anilines is 1. The number of carbonyl (C=O) groups is 2. The van der Waals surface area contributed by atoms with Crippen molar-refractivity contribution in [3.8, 4) is 0 Å². The maximum atomic E-state index is 14.8. The van der Waals surface area contributed by atoms with Crippen LogP contribution in [0.4, 0.5) is 5.69 Å². The molecule has 1 amide bonds. The quantitative estimate of drug-likeness (QED) is 0.247. The highest BCUT2D eigenvalue weighted by atomic mass is 35.5. The van der Waals surface area contributed by atoms with Crippen molar-refractivity contribution in [2.75, 3.05) is 18.5 Å². The number of hydrogen-bond acceptors (Lipinski definition) is 4. The van der Waals surface area contributed by atoms with Gasteiger partial charge in [-0.1, -0.05) is 80.0 Å². The summed E-state index contributed by atoms with van der Waals surface area (Å²) in [7, 11) is 1.95. The van der Waals surface area contributed by atoms with Gasteiger partial charge in [0.05, 0.1) is 18.7 Å². The van der Waals surface area contributed by atoms with Crippen molar-refractivity contribution < 1.29 is 14.0 Å². The minimum absolute atomic E-state index is 0.0520. The lowest BCUT2D eigenvalue weighted by Crippen LogP contribution is -2.53. The third-order valence-corrected chi connectivity index (χ3v) is 8.62. The second kappa shape index (κ2) is 9.82. The Balaban J connectivity index is 1.51. The predicted molar refractivity (Wildman–Crippen MR) is 153 cm³/mol. The van der Waals surface area contributed by atoms with E-state index in [1.54, 1.807) is 6.26 Å². The molecule has 1 spiro atoms. The van der Waals surface area contributed by atoms with Crippen LogP contribution in [0.15, 0.2) is 95.6 Å². The maximum absolute atomic E-state index is 14.8. The Kier molecular flexibility index (Phi) is 6.44. The molecule has 0 bridgehead atoms. The van der Waals surface area contributed by atoms with Gasteiger partial charge in [-0.05, 0) is 54.4 Å². The fraction of sp³-hybridized carbons (Fsp3) is 0.273. The molecule has 3 aromatic carbocycles. The molecule has 0 N–H and O–H groups in total. The fourth-order valence-electron chi connectivity index (χ4n) is 6.52. The first kappa shape index (κ1) is 25.6. The summed E-state index contributed by atoms with van der Waals surface area (Å²) in [5.41, 5.74) is 3.21. The number of benzene rings is 3. The minimum Gasteiger partial charge on any atom is -0.469 e. The Hall–Kier alpha value is -3.67. The van der Waals surface area contributed by atoms with E-state index in [1.165, 1.54) is 5.56 Å². The van der Waals surface area contributed by atoms with Gasteiger partial charge in [-0.25, -0.2) is 0 Å². The molecule has 5 nitrogen and oxygen atoms in total. The third kappa shape index (κ3) is 4.03. The van der Waals surface area contributed by atoms with Gasteiger partial charge in [0.15, 0.2) is 5.78 Å². The summed E-state index contributed by atoms with van der Waals surface area (Å²) in [4.78, 5) is 33.2. The van der Waals surface area contributed by atoms with Gasteiger partial charge in [0.2, 0.25) is 0 Å². The summed E-state index contributed by atoms with van der Waals surface area (Å²) in [5, 5.41) is 0.621.